The molecule has 0 fully saturated rings. The summed E-state index contributed by atoms with van der Waals surface area (Å²) in [6.07, 6.45) is 1.90. The molecule has 0 aromatic heterocycles. The number of hydrogen-bond donors (Lipinski definition) is 1. The molecule has 0 bridgehead atoms. The van der Waals surface area contributed by atoms with E-state index in [9.17, 15) is 0 Å². The van der Waals surface area contributed by atoms with Gasteiger partial charge >= 0.3 is 0 Å². The number of rotatable bonds is 8. The molecule has 2 atom stereocenters. The summed E-state index contributed by atoms with van der Waals surface area (Å²) < 4.78 is 23.8. The summed E-state index contributed by atoms with van der Waals surface area (Å²) in [5, 5.41) is 2.15. The van der Waals surface area contributed by atoms with Gasteiger partial charge in [0.2, 0.25) is 0 Å². The smallest absolute Gasteiger partial charge is 0.196 e. The van der Waals surface area contributed by atoms with Crippen molar-refractivity contribution in [3.8, 4) is 23.0 Å². The van der Waals surface area contributed by atoms with E-state index in [1.807, 2.05) is 57.2 Å². The van der Waals surface area contributed by atoms with Crippen LogP contribution in [0.25, 0.3) is 5.70 Å². The number of nitrogens with one attached hydrogen (secondary N) is 1. The first-order valence-corrected chi connectivity index (χ1v) is 11.9. The fourth-order valence-corrected chi connectivity index (χ4v) is 4.44. The maximum Gasteiger partial charge on any atom is 0.196 e. The van der Waals surface area contributed by atoms with Gasteiger partial charge < -0.3 is 24.4 Å². The molecule has 0 saturated carbocycles. The van der Waals surface area contributed by atoms with Gasteiger partial charge in [0.25, 0.3) is 0 Å². The summed E-state index contributed by atoms with van der Waals surface area (Å²) >= 11 is 0. The minimum atomic E-state index is -0.341. The van der Waals surface area contributed by atoms with E-state index in [1.54, 1.807) is 0 Å². The van der Waals surface area contributed by atoms with Crippen molar-refractivity contribution in [2.45, 2.75) is 33.0 Å². The fraction of sp³-hybridized carbons (Fsp3) is 0.286. The first kappa shape index (κ1) is 22.2. The van der Waals surface area contributed by atoms with Gasteiger partial charge in [-0.2, -0.15) is 5.01 Å². The highest BCUT2D eigenvalue weighted by Gasteiger charge is 2.41. The topological polar surface area (TPSA) is 52.2 Å². The number of ether oxygens (including phenoxy) is 4. The van der Waals surface area contributed by atoms with Crippen LogP contribution in [0, 0.1) is 0 Å². The van der Waals surface area contributed by atoms with E-state index in [0.29, 0.717) is 19.8 Å². The van der Waals surface area contributed by atoms with Crippen molar-refractivity contribution in [2.75, 3.05) is 19.8 Å². The maximum absolute atomic E-state index is 6.59. The van der Waals surface area contributed by atoms with Gasteiger partial charge in [0.1, 0.15) is 11.5 Å². The van der Waals surface area contributed by atoms with Gasteiger partial charge in [-0.3, -0.25) is 0 Å². The van der Waals surface area contributed by atoms with Crippen molar-refractivity contribution in [3.05, 3.63) is 89.5 Å². The number of benzene rings is 3. The van der Waals surface area contributed by atoms with Gasteiger partial charge in [-0.25, -0.2) is 0 Å². The standard InChI is InChI=1S/C28H30N2O4/c1-4-31-21-14-10-19(11-15-21)24-18-25-23-8-7-9-26(33-6-3)27(23)34-28(30(25)29-24)20-12-16-22(17-13-20)32-5-2/h7-18,25,28-29H,4-6H2,1-3H3. The molecule has 1 N–H and O–H groups in total. The van der Waals surface area contributed by atoms with Crippen molar-refractivity contribution < 1.29 is 18.9 Å². The highest BCUT2D eigenvalue weighted by atomic mass is 16.5. The molecule has 5 rings (SSSR count). The number of hydrazine groups is 1. The Hall–Kier alpha value is -3.64. The second kappa shape index (κ2) is 9.69. The number of fused-ring (bicyclic) bond motifs is 3. The third kappa shape index (κ3) is 4.17. The van der Waals surface area contributed by atoms with Crippen LogP contribution in [-0.2, 0) is 0 Å². The zero-order chi connectivity index (χ0) is 23.5. The second-order valence-electron chi connectivity index (χ2n) is 8.08. The summed E-state index contributed by atoms with van der Waals surface area (Å²) in [5.74, 6) is 3.26. The lowest BCUT2D eigenvalue weighted by molar-refractivity contribution is -0.0346. The molecule has 0 amide bonds. The van der Waals surface area contributed by atoms with Crippen LogP contribution >= 0.6 is 0 Å². The maximum atomic E-state index is 6.59. The third-order valence-corrected chi connectivity index (χ3v) is 5.94. The predicted octanol–water partition coefficient (Wildman–Crippen LogP) is 5.88. The van der Waals surface area contributed by atoms with Crippen LogP contribution in [0.5, 0.6) is 23.0 Å². The summed E-state index contributed by atoms with van der Waals surface area (Å²) in [5.41, 5.74) is 7.81. The number of nitrogens with zero attached hydrogens (tertiary/aromatic N) is 1. The van der Waals surface area contributed by atoms with Gasteiger partial charge in [-0.1, -0.05) is 24.3 Å². The van der Waals surface area contributed by atoms with E-state index in [-0.39, 0.29) is 12.3 Å². The summed E-state index contributed by atoms with van der Waals surface area (Å²) in [6.45, 7) is 7.82. The van der Waals surface area contributed by atoms with Crippen molar-refractivity contribution in [1.29, 1.82) is 0 Å². The van der Waals surface area contributed by atoms with E-state index < -0.39 is 0 Å². The van der Waals surface area contributed by atoms with Crippen LogP contribution in [0.15, 0.2) is 72.8 Å². The molecule has 0 saturated heterocycles. The average molecular weight is 459 g/mol. The van der Waals surface area contributed by atoms with Crippen LogP contribution in [0.1, 0.15) is 49.7 Å². The Labute approximate surface area is 200 Å². The predicted molar refractivity (Wildman–Crippen MR) is 132 cm³/mol. The molecular formula is C28H30N2O4. The van der Waals surface area contributed by atoms with Gasteiger partial charge in [0, 0.05) is 11.1 Å². The first-order chi connectivity index (χ1) is 16.7. The Morgan fingerprint density at radius 2 is 1.44 bits per heavy atom. The summed E-state index contributed by atoms with van der Waals surface area (Å²) in [6, 6.07) is 22.3. The van der Waals surface area contributed by atoms with E-state index in [0.717, 1.165) is 45.4 Å². The molecule has 0 spiro atoms. The van der Waals surface area contributed by atoms with E-state index in [4.69, 9.17) is 18.9 Å². The van der Waals surface area contributed by atoms with Crippen molar-refractivity contribution in [3.63, 3.8) is 0 Å². The molecule has 2 heterocycles. The molecule has 0 radical (unpaired) electrons. The minimum absolute atomic E-state index is 0.0118. The Morgan fingerprint density at radius 3 is 2.09 bits per heavy atom. The SMILES string of the molecule is CCOc1ccc(C2=CC3c4cccc(OCC)c4OC(c4ccc(OCC)cc4)N3N2)cc1. The van der Waals surface area contributed by atoms with E-state index in [2.05, 4.69) is 46.8 Å². The average Bonchev–Trinajstić information content (AvgIpc) is 3.31. The van der Waals surface area contributed by atoms with Crippen molar-refractivity contribution in [1.82, 2.24) is 10.4 Å². The quantitative estimate of drug-likeness (QED) is 0.455. The molecule has 6 nitrogen and oxygen atoms in total. The van der Waals surface area contributed by atoms with Crippen LogP contribution < -0.4 is 24.4 Å². The zero-order valence-corrected chi connectivity index (χ0v) is 19.8. The summed E-state index contributed by atoms with van der Waals surface area (Å²) in [4.78, 5) is 0. The van der Waals surface area contributed by atoms with Crippen LogP contribution in [-0.4, -0.2) is 24.8 Å². The molecule has 2 aliphatic heterocycles. The molecule has 34 heavy (non-hydrogen) atoms. The Bertz CT molecular complexity index is 1160. The van der Waals surface area contributed by atoms with Crippen LogP contribution in [0.4, 0.5) is 0 Å². The number of para-hydroxylation sites is 1. The molecule has 3 aromatic rings. The monoisotopic (exact) mass is 458 g/mol. The fourth-order valence-electron chi connectivity index (χ4n) is 4.44. The Kier molecular flexibility index (Phi) is 6.32. The summed E-state index contributed by atoms with van der Waals surface area (Å²) in [7, 11) is 0. The van der Waals surface area contributed by atoms with Gasteiger partial charge in [-0.15, -0.1) is 0 Å². The Balaban J connectivity index is 1.52. The van der Waals surface area contributed by atoms with Gasteiger partial charge in [0.05, 0.1) is 31.6 Å². The van der Waals surface area contributed by atoms with E-state index >= 15 is 0 Å². The first-order valence-electron chi connectivity index (χ1n) is 11.9. The Morgan fingerprint density at radius 1 is 0.794 bits per heavy atom. The number of hydrogen-bond acceptors (Lipinski definition) is 6. The molecule has 3 aromatic carbocycles. The second-order valence-corrected chi connectivity index (χ2v) is 8.08. The van der Waals surface area contributed by atoms with Crippen molar-refractivity contribution >= 4 is 5.70 Å². The minimum Gasteiger partial charge on any atom is -0.494 e. The van der Waals surface area contributed by atoms with Crippen molar-refractivity contribution in [2.24, 2.45) is 0 Å². The molecule has 0 aliphatic carbocycles. The lowest BCUT2D eigenvalue weighted by atomic mass is 10.00. The molecule has 2 aliphatic rings. The largest absolute Gasteiger partial charge is 0.494 e. The third-order valence-electron chi connectivity index (χ3n) is 5.94. The zero-order valence-electron chi connectivity index (χ0n) is 19.8. The molecule has 6 heteroatoms. The molecular weight excluding hydrogens is 428 g/mol. The van der Waals surface area contributed by atoms with Gasteiger partial charge in [-0.05, 0) is 74.9 Å². The van der Waals surface area contributed by atoms with E-state index in [1.165, 1.54) is 0 Å². The van der Waals surface area contributed by atoms with Gasteiger partial charge in [0.15, 0.2) is 17.7 Å². The normalized spacial score (nSPS) is 18.7. The lowest BCUT2D eigenvalue weighted by Crippen LogP contribution is -2.43. The highest BCUT2D eigenvalue weighted by molar-refractivity contribution is 5.68. The lowest BCUT2D eigenvalue weighted by Gasteiger charge is -2.39. The van der Waals surface area contributed by atoms with Crippen LogP contribution in [0.2, 0.25) is 0 Å². The molecule has 2 unspecified atom stereocenters. The highest BCUT2D eigenvalue weighted by Crippen LogP contribution is 2.49. The molecule has 176 valence electrons. The van der Waals surface area contributed by atoms with Crippen LogP contribution in [0.3, 0.4) is 0 Å².